The lowest BCUT2D eigenvalue weighted by molar-refractivity contribution is -0.140. The molecule has 0 aliphatic heterocycles. The van der Waals surface area contributed by atoms with Crippen molar-refractivity contribution in [3.05, 3.63) is 72.9 Å². The number of benzene rings is 1. The van der Waals surface area contributed by atoms with Gasteiger partial charge < -0.3 is 24.8 Å². The third kappa shape index (κ3) is 12.3. The van der Waals surface area contributed by atoms with E-state index in [-0.39, 0.29) is 19.0 Å². The van der Waals surface area contributed by atoms with Crippen LogP contribution >= 0.6 is 9.24 Å². The highest BCUT2D eigenvalue weighted by Crippen LogP contribution is 2.09. The smallest absolute Gasteiger partial charge is 0.305 e. The SMILES string of the molecule is COC(=O)CCC[C@H](O)[C@H](O)/C=C/C=C/C=C\C=C\[C@H](O)COc1ccc(P)cc1. The van der Waals surface area contributed by atoms with E-state index in [2.05, 4.69) is 14.0 Å². The Kier molecular flexibility index (Phi) is 13.4. The van der Waals surface area contributed by atoms with Crippen LogP contribution in [0.3, 0.4) is 0 Å². The summed E-state index contributed by atoms with van der Waals surface area (Å²) in [4.78, 5) is 11.0. The number of aliphatic hydroxyl groups is 3. The van der Waals surface area contributed by atoms with Crippen molar-refractivity contribution in [2.75, 3.05) is 13.7 Å². The third-order valence-corrected chi connectivity index (χ3v) is 4.39. The van der Waals surface area contributed by atoms with Gasteiger partial charge in [0.1, 0.15) is 18.5 Å². The van der Waals surface area contributed by atoms with Crippen molar-refractivity contribution in [2.24, 2.45) is 0 Å². The first-order valence-electron chi connectivity index (χ1n) is 9.70. The summed E-state index contributed by atoms with van der Waals surface area (Å²) < 4.78 is 10.0. The minimum absolute atomic E-state index is 0.166. The molecule has 4 atom stereocenters. The number of carbonyl (C=O) groups is 1. The number of ether oxygens (including phenoxy) is 2. The van der Waals surface area contributed by atoms with E-state index in [0.29, 0.717) is 18.6 Å². The molecule has 0 saturated carbocycles. The lowest BCUT2D eigenvalue weighted by Gasteiger charge is -2.13. The van der Waals surface area contributed by atoms with Gasteiger partial charge in [-0.3, -0.25) is 4.79 Å². The second kappa shape index (κ2) is 15.6. The molecule has 30 heavy (non-hydrogen) atoms. The predicted octanol–water partition coefficient (Wildman–Crippen LogP) is 2.22. The van der Waals surface area contributed by atoms with Gasteiger partial charge >= 0.3 is 5.97 Å². The second-order valence-electron chi connectivity index (χ2n) is 6.51. The van der Waals surface area contributed by atoms with Crippen molar-refractivity contribution in [3.63, 3.8) is 0 Å². The number of rotatable bonds is 13. The summed E-state index contributed by atoms with van der Waals surface area (Å²) in [5.74, 6) is 0.372. The minimum Gasteiger partial charge on any atom is -0.491 e. The Hall–Kier alpha value is -2.24. The van der Waals surface area contributed by atoms with Crippen LogP contribution in [0.5, 0.6) is 5.75 Å². The fourth-order valence-electron chi connectivity index (χ4n) is 2.28. The number of hydrogen-bond acceptors (Lipinski definition) is 6. The van der Waals surface area contributed by atoms with Crippen LogP contribution in [-0.2, 0) is 9.53 Å². The molecule has 0 aliphatic rings. The second-order valence-corrected chi connectivity index (χ2v) is 7.18. The molecule has 1 unspecified atom stereocenters. The quantitative estimate of drug-likeness (QED) is 0.250. The molecule has 0 radical (unpaired) electrons. The highest BCUT2D eigenvalue weighted by Gasteiger charge is 2.13. The van der Waals surface area contributed by atoms with E-state index in [1.165, 1.54) is 13.2 Å². The van der Waals surface area contributed by atoms with E-state index in [4.69, 9.17) is 4.74 Å². The molecule has 7 heteroatoms. The molecule has 1 aromatic rings. The van der Waals surface area contributed by atoms with Gasteiger partial charge in [-0.2, -0.15) is 0 Å². The van der Waals surface area contributed by atoms with Crippen LogP contribution in [0.15, 0.2) is 72.9 Å². The lowest BCUT2D eigenvalue weighted by atomic mass is 10.1. The maximum Gasteiger partial charge on any atom is 0.305 e. The Morgan fingerprint density at radius 1 is 1.00 bits per heavy atom. The van der Waals surface area contributed by atoms with E-state index in [9.17, 15) is 20.1 Å². The Morgan fingerprint density at radius 3 is 2.23 bits per heavy atom. The number of esters is 1. The molecule has 0 saturated heterocycles. The molecule has 1 rings (SSSR count). The van der Waals surface area contributed by atoms with Crippen LogP contribution in [0.25, 0.3) is 0 Å². The highest BCUT2D eigenvalue weighted by atomic mass is 31.0. The molecule has 0 heterocycles. The van der Waals surface area contributed by atoms with Gasteiger partial charge in [0.15, 0.2) is 0 Å². The maximum absolute atomic E-state index is 11.0. The number of allylic oxidation sites excluding steroid dienone is 6. The molecule has 6 nitrogen and oxygen atoms in total. The fourth-order valence-corrected chi connectivity index (χ4v) is 2.48. The van der Waals surface area contributed by atoms with Crippen molar-refractivity contribution in [1.82, 2.24) is 0 Å². The van der Waals surface area contributed by atoms with Crippen molar-refractivity contribution < 1.29 is 29.6 Å². The van der Waals surface area contributed by atoms with E-state index in [0.717, 1.165) is 5.30 Å². The van der Waals surface area contributed by atoms with Gasteiger partial charge in [-0.25, -0.2) is 0 Å². The zero-order valence-corrected chi connectivity index (χ0v) is 18.3. The van der Waals surface area contributed by atoms with Gasteiger partial charge in [0, 0.05) is 6.42 Å². The van der Waals surface area contributed by atoms with Crippen LogP contribution in [0.4, 0.5) is 0 Å². The monoisotopic (exact) mass is 434 g/mol. The summed E-state index contributed by atoms with van der Waals surface area (Å²) in [7, 11) is 3.91. The minimum atomic E-state index is -1.00. The standard InChI is InChI=1S/C23H31O6P/c1-28-23(27)12-8-11-22(26)21(25)10-7-5-3-2-4-6-9-18(24)17-29-19-13-15-20(30)16-14-19/h2-7,9-10,13-16,18,21-22,24-26H,8,11-12,17,30H2,1H3/b4-2-,5-3+,9-6+,10-7+/t18-,21+,22-/m0/s1. The average molecular weight is 434 g/mol. The molecule has 0 fully saturated rings. The van der Waals surface area contributed by atoms with Crippen molar-refractivity contribution in [3.8, 4) is 5.75 Å². The van der Waals surface area contributed by atoms with Crippen LogP contribution in [-0.4, -0.2) is 53.3 Å². The zero-order valence-electron chi connectivity index (χ0n) is 17.1. The molecular formula is C23H31O6P. The van der Waals surface area contributed by atoms with Crippen molar-refractivity contribution in [2.45, 2.75) is 37.6 Å². The summed E-state index contributed by atoms with van der Waals surface area (Å²) in [6.45, 7) is 0.166. The Bertz CT molecular complexity index is 724. The summed E-state index contributed by atoms with van der Waals surface area (Å²) in [5.41, 5.74) is 0. The topological polar surface area (TPSA) is 96.2 Å². The van der Waals surface area contributed by atoms with Gasteiger partial charge in [-0.15, -0.1) is 9.24 Å². The van der Waals surface area contributed by atoms with Gasteiger partial charge in [-0.05, 0) is 30.3 Å². The first kappa shape index (κ1) is 25.8. The number of hydrogen-bond donors (Lipinski definition) is 3. The molecule has 0 amide bonds. The van der Waals surface area contributed by atoms with Gasteiger partial charge in [0.25, 0.3) is 0 Å². The van der Waals surface area contributed by atoms with E-state index >= 15 is 0 Å². The van der Waals surface area contributed by atoms with E-state index < -0.39 is 18.3 Å². The molecule has 1 aromatic carbocycles. The average Bonchev–Trinajstić information content (AvgIpc) is 2.74. The van der Waals surface area contributed by atoms with Gasteiger partial charge in [0.05, 0.1) is 19.3 Å². The predicted molar refractivity (Wildman–Crippen MR) is 122 cm³/mol. The van der Waals surface area contributed by atoms with Crippen LogP contribution in [0.2, 0.25) is 0 Å². The van der Waals surface area contributed by atoms with Crippen LogP contribution in [0, 0.1) is 0 Å². The molecule has 3 N–H and O–H groups in total. The first-order chi connectivity index (χ1) is 14.4. The van der Waals surface area contributed by atoms with Gasteiger partial charge in [0.2, 0.25) is 0 Å². The molecular weight excluding hydrogens is 403 g/mol. The number of methoxy groups -OCH3 is 1. The summed E-state index contributed by atoms with van der Waals surface area (Å²) in [6.07, 6.45) is 11.8. The third-order valence-electron chi connectivity index (χ3n) is 4.00. The first-order valence-corrected chi connectivity index (χ1v) is 10.3. The van der Waals surface area contributed by atoms with Crippen molar-refractivity contribution >= 4 is 20.5 Å². The zero-order chi connectivity index (χ0) is 22.2. The highest BCUT2D eigenvalue weighted by molar-refractivity contribution is 7.27. The van der Waals surface area contributed by atoms with Crippen molar-refractivity contribution in [1.29, 1.82) is 0 Å². The number of carbonyl (C=O) groups excluding carboxylic acids is 1. The summed E-state index contributed by atoms with van der Waals surface area (Å²) in [6, 6.07) is 7.51. The molecule has 0 bridgehead atoms. The molecule has 0 aliphatic carbocycles. The number of aliphatic hydroxyl groups excluding tert-OH is 3. The van der Waals surface area contributed by atoms with E-state index in [1.807, 2.05) is 24.3 Å². The summed E-state index contributed by atoms with van der Waals surface area (Å²) >= 11 is 0. The summed E-state index contributed by atoms with van der Waals surface area (Å²) in [5, 5.41) is 30.6. The fraction of sp³-hybridized carbons (Fsp3) is 0.348. The maximum atomic E-state index is 11.0. The molecule has 0 spiro atoms. The Morgan fingerprint density at radius 2 is 1.60 bits per heavy atom. The Labute approximate surface area is 180 Å². The Balaban J connectivity index is 2.23. The molecule has 164 valence electrons. The van der Waals surface area contributed by atoms with Gasteiger partial charge in [-0.1, -0.05) is 60.7 Å². The van der Waals surface area contributed by atoms with E-state index in [1.54, 1.807) is 42.5 Å². The van der Waals surface area contributed by atoms with Crippen LogP contribution in [0.1, 0.15) is 19.3 Å². The normalized spacial score (nSPS) is 15.2. The molecule has 0 aromatic heterocycles. The largest absolute Gasteiger partial charge is 0.491 e. The lowest BCUT2D eigenvalue weighted by Crippen LogP contribution is -2.23. The van der Waals surface area contributed by atoms with Crippen LogP contribution < -0.4 is 10.0 Å².